The molecule has 3 aliphatic rings. The number of rotatable bonds is 3. The summed E-state index contributed by atoms with van der Waals surface area (Å²) in [5, 5.41) is 0. The predicted molar refractivity (Wildman–Crippen MR) is 103 cm³/mol. The number of aromatic nitrogens is 2. The van der Waals surface area contributed by atoms with Gasteiger partial charge >= 0.3 is 0 Å². The van der Waals surface area contributed by atoms with Crippen molar-refractivity contribution < 1.29 is 4.79 Å². The van der Waals surface area contributed by atoms with E-state index in [-0.39, 0.29) is 5.91 Å². The van der Waals surface area contributed by atoms with Gasteiger partial charge < -0.3 is 15.2 Å². The van der Waals surface area contributed by atoms with Gasteiger partial charge in [-0.3, -0.25) is 8.72 Å². The van der Waals surface area contributed by atoms with Crippen molar-refractivity contribution in [1.29, 1.82) is 0 Å². The minimum absolute atomic E-state index is 0.167. The Balaban J connectivity index is 1.50. The first-order chi connectivity index (χ1) is 12.5. The van der Waals surface area contributed by atoms with E-state index in [4.69, 9.17) is 5.73 Å². The van der Waals surface area contributed by atoms with Gasteiger partial charge in [0.1, 0.15) is 6.67 Å². The second-order valence-corrected chi connectivity index (χ2v) is 8.31. The van der Waals surface area contributed by atoms with E-state index >= 15 is 0 Å². The van der Waals surface area contributed by atoms with Crippen molar-refractivity contribution in [2.45, 2.75) is 39.0 Å². The summed E-state index contributed by atoms with van der Waals surface area (Å²) >= 11 is 3.47. The summed E-state index contributed by atoms with van der Waals surface area (Å²) < 4.78 is 3.93. The van der Waals surface area contributed by atoms with Crippen molar-refractivity contribution in [3.05, 3.63) is 47.5 Å². The molecule has 6 nitrogen and oxygen atoms in total. The fourth-order valence-electron chi connectivity index (χ4n) is 4.03. The quantitative estimate of drug-likeness (QED) is 0.784. The number of carbonyl (C=O) groups excluding carboxylic acids is 1. The summed E-state index contributed by atoms with van der Waals surface area (Å²) in [5.41, 5.74) is 10.7. The van der Waals surface area contributed by atoms with Gasteiger partial charge in [-0.1, -0.05) is 6.07 Å². The Labute approximate surface area is 160 Å². The number of nitrogens with two attached hydrogens (primary N) is 1. The Kier molecular flexibility index (Phi) is 3.44. The topological polar surface area (TPSA) is 67.4 Å². The standard InChI is InChI=1S/C19H20BrN5O/c1-11(12-2-3-12)24-8-14-6-13(4-5-15(14)19(24)26)17-7-22-18-16(21)9-23(20)10-25(17)18/h4-7,9,11-12H,2-3,8,10,21H2,1H3/t11-/m0/s1. The van der Waals surface area contributed by atoms with Gasteiger partial charge in [0, 0.05) is 29.9 Å². The number of hydrogen-bond donors (Lipinski definition) is 1. The maximum atomic E-state index is 12.8. The first-order valence-corrected chi connectivity index (χ1v) is 9.63. The third kappa shape index (κ3) is 2.37. The predicted octanol–water partition coefficient (Wildman–Crippen LogP) is 3.14. The van der Waals surface area contributed by atoms with Crippen molar-refractivity contribution in [3.8, 4) is 11.3 Å². The first-order valence-electron chi connectivity index (χ1n) is 8.93. The molecule has 1 amide bonds. The summed E-state index contributed by atoms with van der Waals surface area (Å²) in [5.74, 6) is 1.62. The summed E-state index contributed by atoms with van der Waals surface area (Å²) in [4.78, 5) is 19.3. The molecule has 0 spiro atoms. The van der Waals surface area contributed by atoms with Gasteiger partial charge in [0.25, 0.3) is 5.91 Å². The average Bonchev–Trinajstić information content (AvgIpc) is 3.30. The molecule has 3 heterocycles. The Morgan fingerprint density at radius 3 is 2.92 bits per heavy atom. The lowest BCUT2D eigenvalue weighted by Gasteiger charge is -2.23. The van der Waals surface area contributed by atoms with E-state index in [0.717, 1.165) is 28.2 Å². The van der Waals surface area contributed by atoms with Crippen molar-refractivity contribution in [1.82, 2.24) is 18.4 Å². The van der Waals surface area contributed by atoms with E-state index in [0.29, 0.717) is 30.9 Å². The number of imidazole rings is 1. The number of amides is 1. The molecule has 1 aliphatic carbocycles. The molecule has 0 bridgehead atoms. The Bertz CT molecular complexity index is 945. The summed E-state index contributed by atoms with van der Waals surface area (Å²) in [6.07, 6.45) is 6.16. The maximum absolute atomic E-state index is 12.8. The normalized spacial score (nSPS) is 20.1. The number of halogens is 1. The number of carbonyl (C=O) groups is 1. The van der Waals surface area contributed by atoms with Crippen LogP contribution in [0.15, 0.2) is 30.6 Å². The maximum Gasteiger partial charge on any atom is 0.254 e. The Hall–Kier alpha value is -2.28. The number of nitrogens with zero attached hydrogens (tertiary/aromatic N) is 4. The van der Waals surface area contributed by atoms with Crippen LogP contribution in [0.1, 0.15) is 41.5 Å². The van der Waals surface area contributed by atoms with Gasteiger partial charge in [0.2, 0.25) is 0 Å². The third-order valence-electron chi connectivity index (χ3n) is 5.70. The second-order valence-electron chi connectivity index (χ2n) is 7.40. The van der Waals surface area contributed by atoms with Crippen LogP contribution in [0.4, 0.5) is 0 Å². The largest absolute Gasteiger partial charge is 0.395 e. The zero-order valence-electron chi connectivity index (χ0n) is 14.5. The molecule has 26 heavy (non-hydrogen) atoms. The van der Waals surface area contributed by atoms with Crippen LogP contribution in [-0.2, 0) is 13.2 Å². The molecule has 0 radical (unpaired) electrons. The molecule has 2 aliphatic heterocycles. The van der Waals surface area contributed by atoms with Crippen LogP contribution in [-0.4, -0.2) is 30.3 Å². The highest BCUT2D eigenvalue weighted by Gasteiger charge is 2.38. The lowest BCUT2D eigenvalue weighted by molar-refractivity contribution is 0.0697. The van der Waals surface area contributed by atoms with Gasteiger partial charge in [-0.05, 0) is 43.4 Å². The highest BCUT2D eigenvalue weighted by molar-refractivity contribution is 9.07. The van der Waals surface area contributed by atoms with Crippen molar-refractivity contribution >= 4 is 27.8 Å². The Morgan fingerprint density at radius 2 is 2.15 bits per heavy atom. The molecular weight excluding hydrogens is 394 g/mol. The summed E-state index contributed by atoms with van der Waals surface area (Å²) in [6, 6.07) is 6.43. The summed E-state index contributed by atoms with van der Waals surface area (Å²) in [6.45, 7) is 3.51. The van der Waals surface area contributed by atoms with Crippen LogP contribution in [0.25, 0.3) is 17.0 Å². The molecule has 1 atom stereocenters. The highest BCUT2D eigenvalue weighted by Crippen LogP contribution is 2.39. The number of fused-ring (bicyclic) bond motifs is 2. The zero-order chi connectivity index (χ0) is 18.0. The molecule has 1 aromatic carbocycles. The number of benzene rings is 1. The first kappa shape index (κ1) is 15.9. The van der Waals surface area contributed by atoms with E-state index in [9.17, 15) is 4.79 Å². The second kappa shape index (κ2) is 5.61. The van der Waals surface area contributed by atoms with Crippen molar-refractivity contribution in [2.75, 3.05) is 0 Å². The monoisotopic (exact) mass is 413 g/mol. The zero-order valence-corrected chi connectivity index (χ0v) is 16.1. The SMILES string of the molecule is C[C@@H](C1CC1)N1Cc2cc(-c3cnc4n3CN(Br)C=C4N)ccc2C1=O. The molecule has 0 unspecified atom stereocenters. The average molecular weight is 414 g/mol. The van der Waals surface area contributed by atoms with Gasteiger partial charge in [-0.2, -0.15) is 0 Å². The fraction of sp³-hybridized carbons (Fsp3) is 0.368. The number of hydrogen-bond acceptors (Lipinski definition) is 4. The van der Waals surface area contributed by atoms with Crippen LogP contribution in [0.2, 0.25) is 0 Å². The van der Waals surface area contributed by atoms with Crippen LogP contribution >= 0.6 is 16.1 Å². The molecule has 1 aromatic heterocycles. The van der Waals surface area contributed by atoms with Crippen LogP contribution in [0.5, 0.6) is 0 Å². The van der Waals surface area contributed by atoms with E-state index in [1.54, 1.807) is 0 Å². The van der Waals surface area contributed by atoms with Gasteiger partial charge in [-0.25, -0.2) is 4.98 Å². The molecular formula is C19H20BrN5O. The van der Waals surface area contributed by atoms with E-state index in [1.807, 2.05) is 33.4 Å². The van der Waals surface area contributed by atoms with Gasteiger partial charge in [-0.15, -0.1) is 0 Å². The molecule has 134 valence electrons. The molecule has 0 saturated heterocycles. The molecule has 7 heteroatoms. The van der Waals surface area contributed by atoms with E-state index in [2.05, 4.69) is 38.7 Å². The van der Waals surface area contributed by atoms with Crippen molar-refractivity contribution in [3.63, 3.8) is 0 Å². The van der Waals surface area contributed by atoms with Crippen LogP contribution in [0.3, 0.4) is 0 Å². The van der Waals surface area contributed by atoms with E-state index < -0.39 is 0 Å². The molecule has 1 saturated carbocycles. The third-order valence-corrected chi connectivity index (χ3v) is 6.13. The lowest BCUT2D eigenvalue weighted by atomic mass is 10.0. The lowest BCUT2D eigenvalue weighted by Crippen LogP contribution is -2.34. The van der Waals surface area contributed by atoms with Gasteiger partial charge in [0.05, 0.1) is 33.7 Å². The molecule has 1 fully saturated rings. The molecule has 2 N–H and O–H groups in total. The summed E-state index contributed by atoms with van der Waals surface area (Å²) in [7, 11) is 0. The van der Waals surface area contributed by atoms with Crippen LogP contribution < -0.4 is 5.73 Å². The van der Waals surface area contributed by atoms with Crippen molar-refractivity contribution in [2.24, 2.45) is 11.7 Å². The highest BCUT2D eigenvalue weighted by atomic mass is 79.9. The molecule has 2 aromatic rings. The minimum Gasteiger partial charge on any atom is -0.395 e. The van der Waals surface area contributed by atoms with Gasteiger partial charge in [0.15, 0.2) is 5.82 Å². The Morgan fingerprint density at radius 1 is 1.35 bits per heavy atom. The minimum atomic E-state index is 0.167. The van der Waals surface area contributed by atoms with E-state index in [1.165, 1.54) is 12.8 Å². The fourth-order valence-corrected chi connectivity index (χ4v) is 4.47. The smallest absolute Gasteiger partial charge is 0.254 e. The van der Waals surface area contributed by atoms with Crippen LogP contribution in [0, 0.1) is 5.92 Å². The molecule has 5 rings (SSSR count).